The van der Waals surface area contributed by atoms with Crippen molar-refractivity contribution in [1.82, 2.24) is 14.1 Å². The number of carbonyl (C=O) groups is 1. The van der Waals surface area contributed by atoms with Crippen molar-refractivity contribution in [2.75, 3.05) is 0 Å². The Morgan fingerprint density at radius 3 is 2.88 bits per heavy atom. The fourth-order valence-electron chi connectivity index (χ4n) is 3.82. The van der Waals surface area contributed by atoms with Crippen molar-refractivity contribution in [3.05, 3.63) is 47.6 Å². The number of rotatable bonds is 2. The van der Waals surface area contributed by atoms with Gasteiger partial charge in [-0.05, 0) is 37.8 Å². The minimum absolute atomic E-state index is 0.0224. The van der Waals surface area contributed by atoms with Crippen molar-refractivity contribution < 1.29 is 4.79 Å². The summed E-state index contributed by atoms with van der Waals surface area (Å²) < 4.78 is 3.77. The first-order valence-electron chi connectivity index (χ1n) is 9.13. The van der Waals surface area contributed by atoms with E-state index < -0.39 is 0 Å². The zero-order valence-electron chi connectivity index (χ0n) is 14.0. The lowest BCUT2D eigenvalue weighted by Gasteiger charge is -2.18. The molecule has 0 aromatic carbocycles. The molecule has 2 aromatic rings. The van der Waals surface area contributed by atoms with Crippen molar-refractivity contribution in [2.24, 2.45) is 4.99 Å². The summed E-state index contributed by atoms with van der Waals surface area (Å²) in [7, 11) is 0. The van der Waals surface area contributed by atoms with Gasteiger partial charge in [-0.15, -0.1) is 0 Å². The molecule has 1 aliphatic heterocycles. The topological polar surface area (TPSA) is 52.2 Å². The van der Waals surface area contributed by atoms with Crippen LogP contribution in [0.15, 0.2) is 35.6 Å². The molecule has 3 heterocycles. The Bertz CT molecular complexity index is 796. The number of imidazole rings is 1. The highest BCUT2D eigenvalue weighted by molar-refractivity contribution is 5.94. The maximum atomic E-state index is 13.1. The summed E-state index contributed by atoms with van der Waals surface area (Å²) in [4.78, 5) is 22.4. The second-order valence-corrected chi connectivity index (χ2v) is 6.82. The van der Waals surface area contributed by atoms with E-state index in [9.17, 15) is 4.79 Å². The molecular weight excluding hydrogens is 300 g/mol. The molecule has 4 rings (SSSR count). The van der Waals surface area contributed by atoms with Crippen molar-refractivity contribution in [1.29, 1.82) is 0 Å². The molecule has 1 aliphatic carbocycles. The number of aryl methyl sites for hydroxylation is 1. The number of hydrogen-bond acceptors (Lipinski definition) is 3. The molecule has 5 nitrogen and oxygen atoms in total. The summed E-state index contributed by atoms with van der Waals surface area (Å²) in [6, 6.07) is 6.14. The van der Waals surface area contributed by atoms with Crippen LogP contribution in [-0.2, 0) is 13.0 Å². The SMILES string of the molecule is O=C(c1cnc2n1CCCC2)n1ccccc1=NC1CCCCC1. The van der Waals surface area contributed by atoms with Gasteiger partial charge in [-0.1, -0.05) is 25.3 Å². The van der Waals surface area contributed by atoms with Crippen LogP contribution in [0.4, 0.5) is 0 Å². The lowest BCUT2D eigenvalue weighted by molar-refractivity contribution is 0.0944. The minimum atomic E-state index is -0.0224. The van der Waals surface area contributed by atoms with Crippen molar-refractivity contribution in [2.45, 2.75) is 64.0 Å². The van der Waals surface area contributed by atoms with Gasteiger partial charge in [-0.2, -0.15) is 0 Å². The van der Waals surface area contributed by atoms with Crippen molar-refractivity contribution >= 4 is 5.91 Å². The predicted octanol–water partition coefficient (Wildman–Crippen LogP) is 2.94. The van der Waals surface area contributed by atoms with E-state index >= 15 is 0 Å². The number of fused-ring (bicyclic) bond motifs is 1. The van der Waals surface area contributed by atoms with Crippen LogP contribution in [0.1, 0.15) is 61.3 Å². The molecule has 0 atom stereocenters. The highest BCUT2D eigenvalue weighted by atomic mass is 16.2. The monoisotopic (exact) mass is 324 g/mol. The van der Waals surface area contributed by atoms with Gasteiger partial charge in [0.25, 0.3) is 5.91 Å². The molecule has 1 fully saturated rings. The van der Waals surface area contributed by atoms with E-state index in [0.717, 1.165) is 50.0 Å². The van der Waals surface area contributed by atoms with Crippen molar-refractivity contribution in [3.63, 3.8) is 0 Å². The molecule has 2 aliphatic rings. The molecule has 0 spiro atoms. The fraction of sp³-hybridized carbons (Fsp3) is 0.526. The quantitative estimate of drug-likeness (QED) is 0.853. The fourth-order valence-corrected chi connectivity index (χ4v) is 3.82. The highest BCUT2D eigenvalue weighted by Gasteiger charge is 2.20. The first-order valence-corrected chi connectivity index (χ1v) is 9.13. The third-order valence-electron chi connectivity index (χ3n) is 5.14. The molecule has 0 saturated heterocycles. The first-order chi connectivity index (χ1) is 11.8. The van der Waals surface area contributed by atoms with Crippen LogP contribution < -0.4 is 5.49 Å². The van der Waals surface area contributed by atoms with E-state index in [1.165, 1.54) is 19.3 Å². The second-order valence-electron chi connectivity index (χ2n) is 6.82. The Morgan fingerprint density at radius 1 is 1.12 bits per heavy atom. The predicted molar refractivity (Wildman–Crippen MR) is 91.8 cm³/mol. The van der Waals surface area contributed by atoms with Crippen LogP contribution in [0, 0.1) is 0 Å². The molecular formula is C19H24N4O. The Morgan fingerprint density at radius 2 is 2.00 bits per heavy atom. The zero-order chi connectivity index (χ0) is 16.4. The lowest BCUT2D eigenvalue weighted by Crippen LogP contribution is -2.31. The van der Waals surface area contributed by atoms with Gasteiger partial charge in [0, 0.05) is 19.2 Å². The van der Waals surface area contributed by atoms with Gasteiger partial charge in [-0.3, -0.25) is 14.4 Å². The maximum Gasteiger partial charge on any atom is 0.281 e. The van der Waals surface area contributed by atoms with E-state index in [0.29, 0.717) is 11.7 Å². The van der Waals surface area contributed by atoms with Gasteiger partial charge in [0.05, 0.1) is 12.2 Å². The molecule has 0 N–H and O–H groups in total. The maximum absolute atomic E-state index is 13.1. The minimum Gasteiger partial charge on any atom is -0.324 e. The van der Waals surface area contributed by atoms with Crippen molar-refractivity contribution in [3.8, 4) is 0 Å². The Hall–Kier alpha value is -2.17. The summed E-state index contributed by atoms with van der Waals surface area (Å²) in [5.74, 6) is 1.01. The average molecular weight is 324 g/mol. The normalized spacial score (nSPS) is 19.2. The summed E-state index contributed by atoms with van der Waals surface area (Å²) in [6.45, 7) is 0.888. The average Bonchev–Trinajstić information content (AvgIpc) is 3.07. The molecule has 126 valence electrons. The van der Waals surface area contributed by atoms with Crippen LogP contribution in [0.3, 0.4) is 0 Å². The molecule has 0 unspecified atom stereocenters. The smallest absolute Gasteiger partial charge is 0.281 e. The van der Waals surface area contributed by atoms with Gasteiger partial charge in [-0.25, -0.2) is 4.98 Å². The Balaban J connectivity index is 1.70. The highest BCUT2D eigenvalue weighted by Crippen LogP contribution is 2.20. The third kappa shape index (κ3) is 2.95. The number of carbonyl (C=O) groups excluding carboxylic acids is 1. The number of pyridine rings is 1. The summed E-state index contributed by atoms with van der Waals surface area (Å²) >= 11 is 0. The lowest BCUT2D eigenvalue weighted by atomic mass is 9.96. The molecule has 24 heavy (non-hydrogen) atoms. The van der Waals surface area contributed by atoms with Crippen LogP contribution >= 0.6 is 0 Å². The second kappa shape index (κ2) is 6.75. The number of aromatic nitrogens is 3. The summed E-state index contributed by atoms with van der Waals surface area (Å²) in [6.07, 6.45) is 12.8. The number of hydrogen-bond donors (Lipinski definition) is 0. The summed E-state index contributed by atoms with van der Waals surface area (Å²) in [5, 5.41) is 0. The van der Waals surface area contributed by atoms with Crippen LogP contribution in [0.5, 0.6) is 0 Å². The van der Waals surface area contributed by atoms with E-state index in [-0.39, 0.29) is 5.91 Å². The largest absolute Gasteiger partial charge is 0.324 e. The molecule has 1 saturated carbocycles. The molecule has 2 aromatic heterocycles. The van der Waals surface area contributed by atoms with Crippen LogP contribution in [0.2, 0.25) is 0 Å². The van der Waals surface area contributed by atoms with Gasteiger partial charge in [0.15, 0.2) is 0 Å². The Kier molecular flexibility index (Phi) is 4.32. The van der Waals surface area contributed by atoms with Gasteiger partial charge in [0.1, 0.15) is 17.0 Å². The zero-order valence-corrected chi connectivity index (χ0v) is 14.0. The van der Waals surface area contributed by atoms with E-state index in [1.807, 2.05) is 24.4 Å². The van der Waals surface area contributed by atoms with Crippen LogP contribution in [0.25, 0.3) is 0 Å². The standard InChI is InChI=1S/C19H24N4O/c24-19(16-14-20-17-10-4-6-12-22(16)17)23-13-7-5-11-18(23)21-15-8-2-1-3-9-15/h5,7,11,13-15H,1-4,6,8-10,12H2. The molecule has 0 amide bonds. The summed E-state index contributed by atoms with van der Waals surface area (Å²) in [5.41, 5.74) is 1.45. The molecule has 0 radical (unpaired) electrons. The first kappa shape index (κ1) is 15.4. The van der Waals surface area contributed by atoms with E-state index in [4.69, 9.17) is 4.99 Å². The van der Waals surface area contributed by atoms with Gasteiger partial charge in [0.2, 0.25) is 0 Å². The third-order valence-corrected chi connectivity index (χ3v) is 5.14. The van der Waals surface area contributed by atoms with E-state index in [2.05, 4.69) is 9.55 Å². The van der Waals surface area contributed by atoms with Gasteiger partial charge < -0.3 is 4.57 Å². The van der Waals surface area contributed by atoms with E-state index in [1.54, 1.807) is 10.8 Å². The molecule has 5 heteroatoms. The Labute approximate surface area is 142 Å². The molecule has 0 bridgehead atoms. The number of nitrogens with zero attached hydrogens (tertiary/aromatic N) is 4. The van der Waals surface area contributed by atoms with Gasteiger partial charge >= 0.3 is 0 Å². The van der Waals surface area contributed by atoms with Crippen LogP contribution in [-0.4, -0.2) is 26.1 Å².